The Morgan fingerprint density at radius 2 is 1.15 bits per heavy atom. The fraction of sp³-hybridized carbons (Fsp3) is 0.0455. The Labute approximate surface area is 277 Å². The highest BCUT2D eigenvalue weighted by atomic mass is 32.1. The van der Waals surface area contributed by atoms with Crippen LogP contribution in [0.25, 0.3) is 87.3 Å². The van der Waals surface area contributed by atoms with Gasteiger partial charge in [-0.1, -0.05) is 140 Å². The van der Waals surface area contributed by atoms with Gasteiger partial charge in [-0.25, -0.2) is 9.97 Å². The van der Waals surface area contributed by atoms with Gasteiger partial charge in [-0.3, -0.25) is 0 Å². The molecule has 2 heterocycles. The summed E-state index contributed by atoms with van der Waals surface area (Å²) in [6, 6.07) is 54.6. The lowest BCUT2D eigenvalue weighted by Crippen LogP contribution is -1.92. The highest BCUT2D eigenvalue weighted by Gasteiger charge is 2.20. The van der Waals surface area contributed by atoms with E-state index in [1.807, 2.05) is 11.3 Å². The van der Waals surface area contributed by atoms with E-state index in [0.717, 1.165) is 34.1 Å². The fourth-order valence-electron chi connectivity index (χ4n) is 6.98. The minimum atomic E-state index is 0.927. The maximum absolute atomic E-state index is 5.19. The average Bonchev–Trinajstić information content (AvgIpc) is 3.56. The standard InChI is InChI=1S/C44H30N2S/c1-2-41-46-44-40(47-41)26-32-15-7-9-17-34(32)43(44)36-25-24-29-14-6-8-16-33(29)42(36)31-22-20-30(21-23-31)39-27-37(28-12-4-3-5-13-28)35-18-10-11-19-38(35)45-39/h3-27H,2H2,1H3. The van der Waals surface area contributed by atoms with Gasteiger partial charge in [-0.15, -0.1) is 11.3 Å². The predicted octanol–water partition coefficient (Wildman–Crippen LogP) is 12.4. The monoisotopic (exact) mass is 618 g/mol. The first kappa shape index (κ1) is 27.7. The van der Waals surface area contributed by atoms with E-state index in [-0.39, 0.29) is 0 Å². The van der Waals surface area contributed by atoms with Gasteiger partial charge in [0.15, 0.2) is 0 Å². The van der Waals surface area contributed by atoms with E-state index < -0.39 is 0 Å². The van der Waals surface area contributed by atoms with Crippen LogP contribution in [-0.4, -0.2) is 9.97 Å². The van der Waals surface area contributed by atoms with Gasteiger partial charge in [0.25, 0.3) is 0 Å². The molecule has 0 spiro atoms. The van der Waals surface area contributed by atoms with Crippen LogP contribution in [-0.2, 0) is 6.42 Å². The lowest BCUT2D eigenvalue weighted by atomic mass is 9.87. The average molecular weight is 619 g/mol. The maximum Gasteiger partial charge on any atom is 0.0936 e. The molecule has 0 amide bonds. The quantitative estimate of drug-likeness (QED) is 0.192. The minimum Gasteiger partial charge on any atom is -0.248 e. The van der Waals surface area contributed by atoms with Gasteiger partial charge in [-0.05, 0) is 74.0 Å². The molecule has 2 aromatic heterocycles. The summed E-state index contributed by atoms with van der Waals surface area (Å²) in [6.45, 7) is 2.19. The highest BCUT2D eigenvalue weighted by molar-refractivity contribution is 7.18. The number of thiazole rings is 1. The van der Waals surface area contributed by atoms with E-state index in [9.17, 15) is 0 Å². The summed E-state index contributed by atoms with van der Waals surface area (Å²) in [5.74, 6) is 0. The second-order valence-corrected chi connectivity index (χ2v) is 13.1. The number of nitrogens with zero attached hydrogens (tertiary/aromatic N) is 2. The summed E-state index contributed by atoms with van der Waals surface area (Å²) in [7, 11) is 0. The molecule has 47 heavy (non-hydrogen) atoms. The van der Waals surface area contributed by atoms with Crippen molar-refractivity contribution < 1.29 is 0 Å². The normalized spacial score (nSPS) is 11.6. The molecule has 9 aromatic rings. The first-order valence-corrected chi connectivity index (χ1v) is 17.0. The van der Waals surface area contributed by atoms with Crippen LogP contribution >= 0.6 is 11.3 Å². The number of aromatic nitrogens is 2. The largest absolute Gasteiger partial charge is 0.248 e. The summed E-state index contributed by atoms with van der Waals surface area (Å²) in [5, 5.41) is 7.26. The van der Waals surface area contributed by atoms with Crippen LogP contribution < -0.4 is 0 Å². The van der Waals surface area contributed by atoms with Crippen molar-refractivity contribution in [2.75, 3.05) is 0 Å². The number of hydrogen-bond acceptors (Lipinski definition) is 3. The summed E-state index contributed by atoms with van der Waals surface area (Å²) >= 11 is 1.81. The molecule has 0 aliphatic carbocycles. The Balaban J connectivity index is 1.26. The molecule has 0 unspecified atom stereocenters. The van der Waals surface area contributed by atoms with Crippen molar-refractivity contribution in [1.82, 2.24) is 9.97 Å². The summed E-state index contributed by atoms with van der Waals surface area (Å²) in [6.07, 6.45) is 0.927. The van der Waals surface area contributed by atoms with E-state index in [2.05, 4.69) is 159 Å². The third kappa shape index (κ3) is 4.70. The molecule has 7 aromatic carbocycles. The van der Waals surface area contributed by atoms with Crippen LogP contribution in [0.1, 0.15) is 11.9 Å². The Morgan fingerprint density at radius 3 is 1.94 bits per heavy atom. The molecular weight excluding hydrogens is 589 g/mol. The molecule has 0 saturated carbocycles. The summed E-state index contributed by atoms with van der Waals surface area (Å²) < 4.78 is 1.24. The summed E-state index contributed by atoms with van der Waals surface area (Å²) in [4.78, 5) is 10.3. The van der Waals surface area contributed by atoms with Crippen molar-refractivity contribution in [2.45, 2.75) is 13.3 Å². The van der Waals surface area contributed by atoms with Crippen LogP contribution in [0.5, 0.6) is 0 Å². The Bertz CT molecular complexity index is 2600. The van der Waals surface area contributed by atoms with Crippen molar-refractivity contribution in [1.29, 1.82) is 0 Å². The van der Waals surface area contributed by atoms with E-state index in [1.54, 1.807) is 0 Å². The molecule has 9 rings (SSSR count). The lowest BCUT2D eigenvalue weighted by Gasteiger charge is -2.17. The predicted molar refractivity (Wildman–Crippen MR) is 201 cm³/mol. The van der Waals surface area contributed by atoms with Gasteiger partial charge in [0, 0.05) is 16.5 Å². The van der Waals surface area contributed by atoms with Gasteiger partial charge in [0.2, 0.25) is 0 Å². The van der Waals surface area contributed by atoms with Crippen LogP contribution in [0.4, 0.5) is 0 Å². The Hall–Kier alpha value is -5.64. The zero-order valence-corrected chi connectivity index (χ0v) is 26.8. The molecule has 0 aliphatic rings. The molecule has 222 valence electrons. The van der Waals surface area contributed by atoms with E-state index >= 15 is 0 Å². The third-order valence-corrected chi connectivity index (χ3v) is 10.4. The first-order valence-electron chi connectivity index (χ1n) is 16.1. The van der Waals surface area contributed by atoms with Crippen LogP contribution in [0.2, 0.25) is 0 Å². The van der Waals surface area contributed by atoms with Gasteiger partial charge >= 0.3 is 0 Å². The minimum absolute atomic E-state index is 0.927. The van der Waals surface area contributed by atoms with Gasteiger partial charge in [0.1, 0.15) is 0 Å². The highest BCUT2D eigenvalue weighted by Crippen LogP contribution is 2.45. The van der Waals surface area contributed by atoms with Crippen molar-refractivity contribution in [3.05, 3.63) is 157 Å². The summed E-state index contributed by atoms with van der Waals surface area (Å²) in [5.41, 5.74) is 11.4. The van der Waals surface area contributed by atoms with Gasteiger partial charge in [0.05, 0.1) is 26.4 Å². The number of rotatable bonds is 5. The molecule has 0 bridgehead atoms. The maximum atomic E-state index is 5.19. The zero-order valence-electron chi connectivity index (χ0n) is 25.9. The number of fused-ring (bicyclic) bond motifs is 4. The molecule has 0 radical (unpaired) electrons. The Kier molecular flexibility index (Phi) is 6.65. The van der Waals surface area contributed by atoms with Crippen LogP contribution in [0.3, 0.4) is 0 Å². The third-order valence-electron chi connectivity index (χ3n) is 9.22. The zero-order chi connectivity index (χ0) is 31.3. The van der Waals surface area contributed by atoms with Gasteiger partial charge in [-0.2, -0.15) is 0 Å². The number of para-hydroxylation sites is 1. The molecule has 2 nitrogen and oxygen atoms in total. The number of pyridine rings is 1. The molecule has 0 aliphatic heterocycles. The number of aryl methyl sites for hydroxylation is 1. The van der Waals surface area contributed by atoms with Crippen LogP contribution in [0.15, 0.2) is 152 Å². The second kappa shape index (κ2) is 11.3. The number of benzene rings is 7. The van der Waals surface area contributed by atoms with Crippen molar-refractivity contribution in [3.63, 3.8) is 0 Å². The molecule has 0 fully saturated rings. The molecule has 0 atom stereocenters. The van der Waals surface area contributed by atoms with E-state index in [0.29, 0.717) is 0 Å². The van der Waals surface area contributed by atoms with Crippen molar-refractivity contribution in [3.8, 4) is 44.6 Å². The topological polar surface area (TPSA) is 25.8 Å². The molecule has 0 N–H and O–H groups in total. The van der Waals surface area contributed by atoms with Crippen molar-refractivity contribution >= 4 is 54.0 Å². The Morgan fingerprint density at radius 1 is 0.489 bits per heavy atom. The van der Waals surface area contributed by atoms with E-state index in [4.69, 9.17) is 9.97 Å². The van der Waals surface area contributed by atoms with Gasteiger partial charge < -0.3 is 0 Å². The molecule has 3 heteroatoms. The lowest BCUT2D eigenvalue weighted by molar-refractivity contribution is 1.11. The number of hydrogen-bond donors (Lipinski definition) is 0. The first-order chi connectivity index (χ1) is 23.2. The van der Waals surface area contributed by atoms with E-state index in [1.165, 1.54) is 64.6 Å². The van der Waals surface area contributed by atoms with Crippen molar-refractivity contribution in [2.24, 2.45) is 0 Å². The van der Waals surface area contributed by atoms with Crippen LogP contribution in [0, 0.1) is 0 Å². The molecular formula is C44H30N2S. The second-order valence-electron chi connectivity index (χ2n) is 12.0. The SMILES string of the molecule is CCc1nc2c(-c3ccc4ccccc4c3-c3ccc(-c4cc(-c5ccccc5)c5ccccc5n4)cc3)c3ccccc3cc2s1. The molecule has 0 saturated heterocycles. The fourth-order valence-corrected chi connectivity index (χ4v) is 7.94. The smallest absolute Gasteiger partial charge is 0.0936 e.